The molecule has 102 valence electrons. The number of nitrogens with two attached hydrogens (primary N) is 1. The zero-order valence-corrected chi connectivity index (χ0v) is 10.6. The lowest BCUT2D eigenvalue weighted by Crippen LogP contribution is -2.45. The van der Waals surface area contributed by atoms with Crippen molar-refractivity contribution in [2.75, 3.05) is 0 Å². The number of nitrogens with one attached hydrogen (secondary N) is 1. The number of hydrogen-bond donors (Lipinski definition) is 2. The van der Waals surface area contributed by atoms with Gasteiger partial charge < -0.3 is 11.1 Å². The van der Waals surface area contributed by atoms with Crippen molar-refractivity contribution in [3.63, 3.8) is 0 Å². The summed E-state index contributed by atoms with van der Waals surface area (Å²) in [4.78, 5) is 23.1. The molecule has 2 rings (SSSR count). The fourth-order valence-electron chi connectivity index (χ4n) is 1.97. The molecule has 1 aromatic rings. The molecule has 0 bridgehead atoms. The average Bonchev–Trinajstić information content (AvgIpc) is 3.15. The third-order valence-electron chi connectivity index (χ3n) is 3.22. The Morgan fingerprint density at radius 3 is 2.47 bits per heavy atom. The van der Waals surface area contributed by atoms with Crippen molar-refractivity contribution in [1.82, 2.24) is 5.32 Å². The van der Waals surface area contributed by atoms with Crippen molar-refractivity contribution in [2.45, 2.75) is 31.7 Å². The van der Waals surface area contributed by atoms with Gasteiger partial charge in [-0.2, -0.15) is 0 Å². The standard InChI is InChI=1S/C14H17FN2O2/c15-11-5-3-10(4-6-11)8-13(18)17-12(14(16)19)7-9-1-2-9/h3-6,9,12H,1-2,7-8H2,(H2,16,19)(H,17,18)/t12-/m1/s1. The summed E-state index contributed by atoms with van der Waals surface area (Å²) in [5.74, 6) is -0.605. The van der Waals surface area contributed by atoms with Gasteiger partial charge in [-0.3, -0.25) is 9.59 Å². The molecule has 0 heterocycles. The van der Waals surface area contributed by atoms with Crippen molar-refractivity contribution in [3.8, 4) is 0 Å². The lowest BCUT2D eigenvalue weighted by molar-refractivity contribution is -0.127. The zero-order chi connectivity index (χ0) is 13.8. The lowest BCUT2D eigenvalue weighted by atomic mass is 10.1. The Morgan fingerprint density at radius 1 is 1.32 bits per heavy atom. The van der Waals surface area contributed by atoms with Gasteiger partial charge in [0.25, 0.3) is 0 Å². The van der Waals surface area contributed by atoms with E-state index >= 15 is 0 Å². The fourth-order valence-corrected chi connectivity index (χ4v) is 1.97. The molecule has 0 unspecified atom stereocenters. The van der Waals surface area contributed by atoms with Crippen LogP contribution < -0.4 is 11.1 Å². The average molecular weight is 264 g/mol. The molecule has 19 heavy (non-hydrogen) atoms. The number of hydrogen-bond acceptors (Lipinski definition) is 2. The fraction of sp³-hybridized carbons (Fsp3) is 0.429. The molecule has 2 amide bonds. The van der Waals surface area contributed by atoms with Crippen LogP contribution in [0.15, 0.2) is 24.3 Å². The van der Waals surface area contributed by atoms with Crippen LogP contribution in [0.2, 0.25) is 0 Å². The van der Waals surface area contributed by atoms with Crippen LogP contribution in [0.4, 0.5) is 4.39 Å². The highest BCUT2D eigenvalue weighted by Crippen LogP contribution is 2.33. The van der Waals surface area contributed by atoms with Crippen LogP contribution in [0.25, 0.3) is 0 Å². The predicted octanol–water partition coefficient (Wildman–Crippen LogP) is 1.14. The number of carbonyl (C=O) groups is 2. The maximum atomic E-state index is 12.7. The van der Waals surface area contributed by atoms with Crippen LogP contribution in [0.1, 0.15) is 24.8 Å². The first-order valence-electron chi connectivity index (χ1n) is 6.37. The molecular formula is C14H17FN2O2. The Hall–Kier alpha value is -1.91. The van der Waals surface area contributed by atoms with Gasteiger partial charge in [0.1, 0.15) is 11.9 Å². The first-order chi connectivity index (χ1) is 9.04. The number of primary amides is 1. The Morgan fingerprint density at radius 2 is 1.95 bits per heavy atom. The Labute approximate surface area is 111 Å². The number of benzene rings is 1. The number of carbonyl (C=O) groups excluding carboxylic acids is 2. The normalized spacial score (nSPS) is 15.8. The van der Waals surface area contributed by atoms with Crippen LogP contribution >= 0.6 is 0 Å². The summed E-state index contributed by atoms with van der Waals surface area (Å²) in [7, 11) is 0. The molecule has 4 nitrogen and oxygen atoms in total. The van der Waals surface area contributed by atoms with E-state index in [9.17, 15) is 14.0 Å². The third-order valence-corrected chi connectivity index (χ3v) is 3.22. The minimum absolute atomic E-state index is 0.120. The topological polar surface area (TPSA) is 72.2 Å². The van der Waals surface area contributed by atoms with Crippen LogP contribution in [-0.4, -0.2) is 17.9 Å². The Bertz CT molecular complexity index is 469. The van der Waals surface area contributed by atoms with E-state index < -0.39 is 11.9 Å². The molecule has 1 saturated carbocycles. The molecule has 5 heteroatoms. The smallest absolute Gasteiger partial charge is 0.240 e. The molecule has 1 aliphatic carbocycles. The van der Waals surface area contributed by atoms with Gasteiger partial charge in [0.05, 0.1) is 6.42 Å². The summed E-state index contributed by atoms with van der Waals surface area (Å²) >= 11 is 0. The van der Waals surface area contributed by atoms with E-state index in [2.05, 4.69) is 5.32 Å². The molecule has 3 N–H and O–H groups in total. The van der Waals surface area contributed by atoms with Gasteiger partial charge in [-0.25, -0.2) is 4.39 Å². The second-order valence-corrected chi connectivity index (χ2v) is 5.00. The first-order valence-corrected chi connectivity index (χ1v) is 6.37. The Balaban J connectivity index is 1.87. The highest BCUT2D eigenvalue weighted by molar-refractivity contribution is 5.87. The molecule has 0 radical (unpaired) electrons. The molecule has 0 saturated heterocycles. The Kier molecular flexibility index (Phi) is 4.14. The molecule has 1 atom stereocenters. The van der Waals surface area contributed by atoms with E-state index in [1.165, 1.54) is 12.1 Å². The highest BCUT2D eigenvalue weighted by atomic mass is 19.1. The summed E-state index contributed by atoms with van der Waals surface area (Å²) in [5, 5.41) is 2.64. The second-order valence-electron chi connectivity index (χ2n) is 5.00. The zero-order valence-electron chi connectivity index (χ0n) is 10.6. The maximum Gasteiger partial charge on any atom is 0.240 e. The van der Waals surface area contributed by atoms with E-state index in [0.29, 0.717) is 17.9 Å². The van der Waals surface area contributed by atoms with E-state index in [0.717, 1.165) is 12.8 Å². The number of halogens is 1. The molecule has 1 aromatic carbocycles. The third kappa shape index (κ3) is 4.35. The van der Waals surface area contributed by atoms with Crippen LogP contribution in [0.5, 0.6) is 0 Å². The quantitative estimate of drug-likeness (QED) is 0.808. The van der Waals surface area contributed by atoms with Gasteiger partial charge in [0.15, 0.2) is 0 Å². The lowest BCUT2D eigenvalue weighted by Gasteiger charge is -2.15. The van der Waals surface area contributed by atoms with Crippen molar-refractivity contribution >= 4 is 11.8 Å². The van der Waals surface area contributed by atoms with E-state index in [1.54, 1.807) is 12.1 Å². The van der Waals surface area contributed by atoms with Crippen molar-refractivity contribution in [2.24, 2.45) is 11.7 Å². The molecule has 0 aliphatic heterocycles. The molecule has 0 spiro atoms. The maximum absolute atomic E-state index is 12.7. The molecule has 0 aromatic heterocycles. The van der Waals surface area contributed by atoms with Gasteiger partial charge in [0, 0.05) is 0 Å². The molecular weight excluding hydrogens is 247 g/mol. The van der Waals surface area contributed by atoms with Crippen molar-refractivity contribution in [3.05, 3.63) is 35.6 Å². The van der Waals surface area contributed by atoms with Crippen molar-refractivity contribution in [1.29, 1.82) is 0 Å². The summed E-state index contributed by atoms with van der Waals surface area (Å²) in [6.07, 6.45) is 2.93. The van der Waals surface area contributed by atoms with Gasteiger partial charge >= 0.3 is 0 Å². The summed E-state index contributed by atoms with van der Waals surface area (Å²) in [6.45, 7) is 0. The van der Waals surface area contributed by atoms with Crippen LogP contribution in [0.3, 0.4) is 0 Å². The highest BCUT2D eigenvalue weighted by Gasteiger charge is 2.29. The second kappa shape index (κ2) is 5.82. The van der Waals surface area contributed by atoms with E-state index in [-0.39, 0.29) is 18.1 Å². The largest absolute Gasteiger partial charge is 0.368 e. The monoisotopic (exact) mass is 264 g/mol. The van der Waals surface area contributed by atoms with Crippen molar-refractivity contribution < 1.29 is 14.0 Å². The van der Waals surface area contributed by atoms with Crippen LogP contribution in [-0.2, 0) is 16.0 Å². The minimum Gasteiger partial charge on any atom is -0.368 e. The van der Waals surface area contributed by atoms with E-state index in [4.69, 9.17) is 5.73 Å². The summed E-state index contributed by atoms with van der Waals surface area (Å²) in [6, 6.07) is 5.11. The molecule has 1 aliphatic rings. The summed E-state index contributed by atoms with van der Waals surface area (Å²) in [5.41, 5.74) is 5.97. The SMILES string of the molecule is NC(=O)[C@@H](CC1CC1)NC(=O)Cc1ccc(F)cc1. The number of amides is 2. The van der Waals surface area contributed by atoms with Gasteiger partial charge in [-0.05, 0) is 30.0 Å². The molecule has 1 fully saturated rings. The van der Waals surface area contributed by atoms with E-state index in [1.807, 2.05) is 0 Å². The minimum atomic E-state index is -0.597. The van der Waals surface area contributed by atoms with Gasteiger partial charge in [-0.1, -0.05) is 25.0 Å². The van der Waals surface area contributed by atoms with Gasteiger partial charge in [0.2, 0.25) is 11.8 Å². The van der Waals surface area contributed by atoms with Gasteiger partial charge in [-0.15, -0.1) is 0 Å². The first kappa shape index (κ1) is 13.5. The number of rotatable bonds is 6. The van der Waals surface area contributed by atoms with Crippen LogP contribution in [0, 0.1) is 11.7 Å². The summed E-state index contributed by atoms with van der Waals surface area (Å²) < 4.78 is 12.7. The predicted molar refractivity (Wildman–Crippen MR) is 68.6 cm³/mol.